The summed E-state index contributed by atoms with van der Waals surface area (Å²) in [5.41, 5.74) is 2.88. The van der Waals surface area contributed by atoms with Crippen molar-refractivity contribution in [3.8, 4) is 11.5 Å². The van der Waals surface area contributed by atoms with E-state index in [1.165, 1.54) is 5.56 Å². The van der Waals surface area contributed by atoms with Crippen LogP contribution in [-0.4, -0.2) is 13.4 Å². The van der Waals surface area contributed by atoms with E-state index >= 15 is 0 Å². The summed E-state index contributed by atoms with van der Waals surface area (Å²) in [6.07, 6.45) is 0.801. The third kappa shape index (κ3) is 3.50. The summed E-state index contributed by atoms with van der Waals surface area (Å²) in [5, 5.41) is 0. The summed E-state index contributed by atoms with van der Waals surface area (Å²) in [4.78, 5) is 10.9. The minimum atomic E-state index is 0.467. The van der Waals surface area contributed by atoms with Crippen LogP contribution in [0.5, 0.6) is 11.5 Å². The van der Waals surface area contributed by atoms with Gasteiger partial charge in [0.25, 0.3) is 0 Å². The van der Waals surface area contributed by atoms with Crippen molar-refractivity contribution in [2.45, 2.75) is 13.5 Å². The van der Waals surface area contributed by atoms with Crippen molar-refractivity contribution in [2.75, 3.05) is 7.11 Å². The highest BCUT2D eigenvalue weighted by Gasteiger charge is 2.11. The van der Waals surface area contributed by atoms with E-state index in [2.05, 4.69) is 28.7 Å². The Morgan fingerprint density at radius 3 is 2.70 bits per heavy atom. The van der Waals surface area contributed by atoms with Crippen LogP contribution in [0.25, 0.3) is 0 Å². The van der Waals surface area contributed by atoms with Crippen LogP contribution < -0.4 is 9.47 Å². The highest BCUT2D eigenvalue weighted by molar-refractivity contribution is 14.1. The first kappa shape index (κ1) is 14.8. The molecule has 104 valence electrons. The molecular formula is C16H15IO3. The number of carbonyl (C=O) groups is 1. The van der Waals surface area contributed by atoms with Crippen LogP contribution in [0, 0.1) is 10.5 Å². The number of rotatable bonds is 5. The van der Waals surface area contributed by atoms with Gasteiger partial charge in [-0.2, -0.15) is 0 Å². The van der Waals surface area contributed by atoms with Crippen molar-refractivity contribution in [3.05, 3.63) is 56.7 Å². The zero-order chi connectivity index (χ0) is 14.5. The van der Waals surface area contributed by atoms with Gasteiger partial charge in [-0.15, -0.1) is 0 Å². The molecule has 0 saturated heterocycles. The van der Waals surface area contributed by atoms with Crippen molar-refractivity contribution in [1.29, 1.82) is 0 Å². The molecule has 0 amide bonds. The quantitative estimate of drug-likeness (QED) is 0.579. The normalized spacial score (nSPS) is 10.2. The lowest BCUT2D eigenvalue weighted by Crippen LogP contribution is -2.01. The fraction of sp³-hybridized carbons (Fsp3) is 0.188. The minimum absolute atomic E-state index is 0.467. The lowest BCUT2D eigenvalue weighted by molar-refractivity contribution is 0.112. The molecule has 20 heavy (non-hydrogen) atoms. The zero-order valence-electron chi connectivity index (χ0n) is 11.4. The molecule has 0 aliphatic heterocycles. The number of hydrogen-bond donors (Lipinski definition) is 0. The molecule has 0 aliphatic carbocycles. The fourth-order valence-corrected chi connectivity index (χ4v) is 2.69. The average Bonchev–Trinajstić information content (AvgIpc) is 2.45. The van der Waals surface area contributed by atoms with Gasteiger partial charge in [0, 0.05) is 5.56 Å². The monoisotopic (exact) mass is 382 g/mol. The third-order valence-electron chi connectivity index (χ3n) is 2.85. The molecule has 0 spiro atoms. The van der Waals surface area contributed by atoms with Crippen LogP contribution >= 0.6 is 22.6 Å². The molecule has 2 aromatic carbocycles. The van der Waals surface area contributed by atoms with Gasteiger partial charge in [0.1, 0.15) is 12.9 Å². The molecule has 0 bridgehead atoms. The standard InChI is InChI=1S/C16H15IO3/c1-11-4-3-5-12(6-11)10-20-16-14(17)7-13(9-18)8-15(16)19-2/h3-9H,10H2,1-2H3. The van der Waals surface area contributed by atoms with Gasteiger partial charge < -0.3 is 9.47 Å². The van der Waals surface area contributed by atoms with Crippen LogP contribution in [0.3, 0.4) is 0 Å². The van der Waals surface area contributed by atoms with Crippen LogP contribution in [0.4, 0.5) is 0 Å². The summed E-state index contributed by atoms with van der Waals surface area (Å²) in [5.74, 6) is 1.24. The van der Waals surface area contributed by atoms with Crippen LogP contribution in [-0.2, 0) is 6.61 Å². The van der Waals surface area contributed by atoms with E-state index in [1.54, 1.807) is 19.2 Å². The van der Waals surface area contributed by atoms with Crippen LogP contribution in [0.1, 0.15) is 21.5 Å². The Bertz CT molecular complexity index is 623. The van der Waals surface area contributed by atoms with Gasteiger partial charge in [0.2, 0.25) is 0 Å². The second kappa shape index (κ2) is 6.74. The first-order chi connectivity index (χ1) is 9.63. The van der Waals surface area contributed by atoms with Gasteiger partial charge in [-0.05, 0) is 47.2 Å². The molecule has 0 aliphatic rings. The first-order valence-electron chi connectivity index (χ1n) is 6.15. The van der Waals surface area contributed by atoms with E-state index in [4.69, 9.17) is 9.47 Å². The molecule has 2 aromatic rings. The molecule has 0 N–H and O–H groups in total. The number of halogens is 1. The molecular weight excluding hydrogens is 367 g/mol. The first-order valence-corrected chi connectivity index (χ1v) is 7.23. The number of aldehydes is 1. The Labute approximate surface area is 132 Å². The Morgan fingerprint density at radius 1 is 1.25 bits per heavy atom. The number of methoxy groups -OCH3 is 1. The maximum atomic E-state index is 10.9. The van der Waals surface area contributed by atoms with E-state index in [0.29, 0.717) is 23.7 Å². The molecule has 0 aromatic heterocycles. The summed E-state index contributed by atoms with van der Waals surface area (Å²) >= 11 is 2.14. The van der Waals surface area contributed by atoms with Crippen molar-refractivity contribution in [1.82, 2.24) is 0 Å². The van der Waals surface area contributed by atoms with Crippen molar-refractivity contribution in [2.24, 2.45) is 0 Å². The van der Waals surface area contributed by atoms with Crippen molar-refractivity contribution >= 4 is 28.9 Å². The van der Waals surface area contributed by atoms with E-state index in [-0.39, 0.29) is 0 Å². The van der Waals surface area contributed by atoms with Gasteiger partial charge in [0.15, 0.2) is 11.5 Å². The molecule has 0 fully saturated rings. The van der Waals surface area contributed by atoms with Crippen molar-refractivity contribution < 1.29 is 14.3 Å². The van der Waals surface area contributed by atoms with Crippen LogP contribution in [0.2, 0.25) is 0 Å². The van der Waals surface area contributed by atoms with Crippen molar-refractivity contribution in [3.63, 3.8) is 0 Å². The highest BCUT2D eigenvalue weighted by atomic mass is 127. The Balaban J connectivity index is 2.22. The minimum Gasteiger partial charge on any atom is -0.493 e. The summed E-state index contributed by atoms with van der Waals surface area (Å²) < 4.78 is 12.0. The SMILES string of the molecule is COc1cc(C=O)cc(I)c1OCc1cccc(C)c1. The number of hydrogen-bond acceptors (Lipinski definition) is 3. The van der Waals surface area contributed by atoms with E-state index in [9.17, 15) is 4.79 Å². The Kier molecular flexibility index (Phi) is 5.00. The second-order valence-electron chi connectivity index (χ2n) is 4.43. The summed E-state index contributed by atoms with van der Waals surface area (Å²) in [7, 11) is 1.57. The number of benzene rings is 2. The largest absolute Gasteiger partial charge is 0.493 e. The lowest BCUT2D eigenvalue weighted by atomic mass is 10.1. The van der Waals surface area contributed by atoms with Gasteiger partial charge >= 0.3 is 0 Å². The molecule has 2 rings (SSSR count). The molecule has 0 saturated carbocycles. The molecule has 3 nitrogen and oxygen atoms in total. The molecule has 0 radical (unpaired) electrons. The predicted molar refractivity (Wildman–Crippen MR) is 86.6 cm³/mol. The molecule has 0 heterocycles. The lowest BCUT2D eigenvalue weighted by Gasteiger charge is -2.13. The fourth-order valence-electron chi connectivity index (χ4n) is 1.91. The van der Waals surface area contributed by atoms with Crippen LogP contribution in [0.15, 0.2) is 36.4 Å². The molecule has 4 heteroatoms. The van der Waals surface area contributed by atoms with Gasteiger partial charge in [-0.1, -0.05) is 29.8 Å². The van der Waals surface area contributed by atoms with E-state index in [0.717, 1.165) is 15.4 Å². The second-order valence-corrected chi connectivity index (χ2v) is 5.59. The summed E-state index contributed by atoms with van der Waals surface area (Å²) in [6.45, 7) is 2.52. The maximum Gasteiger partial charge on any atom is 0.174 e. The Morgan fingerprint density at radius 2 is 2.05 bits per heavy atom. The third-order valence-corrected chi connectivity index (χ3v) is 3.65. The Hall–Kier alpha value is -1.56. The molecule has 0 atom stereocenters. The zero-order valence-corrected chi connectivity index (χ0v) is 13.5. The van der Waals surface area contributed by atoms with Gasteiger partial charge in [-0.3, -0.25) is 4.79 Å². The summed E-state index contributed by atoms with van der Waals surface area (Å²) in [6, 6.07) is 11.6. The number of carbonyl (C=O) groups excluding carboxylic acids is 1. The molecule has 0 unspecified atom stereocenters. The van der Waals surface area contributed by atoms with Gasteiger partial charge in [0.05, 0.1) is 10.7 Å². The highest BCUT2D eigenvalue weighted by Crippen LogP contribution is 2.34. The topological polar surface area (TPSA) is 35.5 Å². The smallest absolute Gasteiger partial charge is 0.174 e. The van der Waals surface area contributed by atoms with E-state index < -0.39 is 0 Å². The van der Waals surface area contributed by atoms with Gasteiger partial charge in [-0.25, -0.2) is 0 Å². The number of ether oxygens (including phenoxy) is 2. The maximum absolute atomic E-state index is 10.9. The predicted octanol–water partition coefficient (Wildman–Crippen LogP) is 4.00. The number of aryl methyl sites for hydroxylation is 1. The van der Waals surface area contributed by atoms with E-state index in [1.807, 2.05) is 25.1 Å². The average molecular weight is 382 g/mol.